The second-order valence-corrected chi connectivity index (χ2v) is 5.90. The minimum absolute atomic E-state index is 0. The van der Waals surface area contributed by atoms with Crippen molar-refractivity contribution in [3.8, 4) is 0 Å². The molecule has 3 unspecified atom stereocenters. The minimum Gasteiger partial charge on any atom is -0.350 e. The summed E-state index contributed by atoms with van der Waals surface area (Å²) in [5, 5.41) is 2.95. The van der Waals surface area contributed by atoms with Gasteiger partial charge < -0.3 is 11.1 Å². The number of carbonyl (C=O) groups excluding carboxylic acids is 1. The van der Waals surface area contributed by atoms with Gasteiger partial charge in [-0.3, -0.25) is 9.69 Å². The smallest absolute Gasteiger partial charge is 0.237 e. The first-order chi connectivity index (χ1) is 10.4. The number of hydrogen-bond donors (Lipinski definition) is 2. The molecule has 0 aromatic heterocycles. The second kappa shape index (κ2) is 8.57. The highest BCUT2D eigenvalue weighted by Crippen LogP contribution is 2.31. The van der Waals surface area contributed by atoms with Crippen LogP contribution in [0.25, 0.3) is 0 Å². The summed E-state index contributed by atoms with van der Waals surface area (Å²) in [7, 11) is 1.91. The van der Waals surface area contributed by atoms with Gasteiger partial charge in [0, 0.05) is 12.6 Å². The van der Waals surface area contributed by atoms with E-state index in [4.69, 9.17) is 5.73 Å². The number of nitrogens with two attached hydrogens (primary N) is 1. The molecule has 0 bridgehead atoms. The molecule has 1 fully saturated rings. The normalized spacial score (nSPS) is 22.5. The van der Waals surface area contributed by atoms with Crippen LogP contribution in [0.5, 0.6) is 0 Å². The molecule has 23 heavy (non-hydrogen) atoms. The average molecular weight is 348 g/mol. The first-order valence-electron chi connectivity index (χ1n) is 7.65. The van der Waals surface area contributed by atoms with Crippen LogP contribution in [0.1, 0.15) is 37.8 Å². The number of amides is 1. The molecule has 0 radical (unpaired) electrons. The highest BCUT2D eigenvalue weighted by atomic mass is 35.5. The number of benzene rings is 1. The lowest BCUT2D eigenvalue weighted by atomic mass is 9.99. The van der Waals surface area contributed by atoms with Gasteiger partial charge in [-0.25, -0.2) is 8.78 Å². The largest absolute Gasteiger partial charge is 0.350 e. The number of rotatable bonds is 5. The van der Waals surface area contributed by atoms with Crippen LogP contribution in [0.3, 0.4) is 0 Å². The Balaban J connectivity index is 0.00000264. The molecule has 1 aliphatic rings. The zero-order chi connectivity index (χ0) is 16.3. The van der Waals surface area contributed by atoms with Gasteiger partial charge in [0.25, 0.3) is 0 Å². The summed E-state index contributed by atoms with van der Waals surface area (Å²) in [6.07, 6.45) is 2.22. The van der Waals surface area contributed by atoms with Gasteiger partial charge in [-0.2, -0.15) is 0 Å². The van der Waals surface area contributed by atoms with Gasteiger partial charge in [-0.05, 0) is 37.6 Å². The van der Waals surface area contributed by atoms with Crippen LogP contribution in [0.15, 0.2) is 18.2 Å². The van der Waals surface area contributed by atoms with Gasteiger partial charge in [0.2, 0.25) is 5.91 Å². The summed E-state index contributed by atoms with van der Waals surface area (Å²) in [5.41, 5.74) is 6.49. The molecule has 0 spiro atoms. The van der Waals surface area contributed by atoms with Crippen molar-refractivity contribution in [2.45, 2.75) is 44.3 Å². The van der Waals surface area contributed by atoms with E-state index < -0.39 is 17.7 Å². The number of halogens is 3. The Bertz CT molecular complexity index is 544. The SMILES string of the molecule is CCCC(N)C(=O)NC1CCN(C)C1c1ccc(F)c(F)c1.Cl. The van der Waals surface area contributed by atoms with E-state index in [1.165, 1.54) is 6.07 Å². The summed E-state index contributed by atoms with van der Waals surface area (Å²) in [4.78, 5) is 14.1. The van der Waals surface area contributed by atoms with E-state index in [0.717, 1.165) is 25.5 Å². The van der Waals surface area contributed by atoms with E-state index in [2.05, 4.69) is 5.32 Å². The van der Waals surface area contributed by atoms with Crippen molar-refractivity contribution < 1.29 is 13.6 Å². The second-order valence-electron chi connectivity index (χ2n) is 5.90. The Kier molecular flexibility index (Phi) is 7.38. The van der Waals surface area contributed by atoms with Crippen LogP contribution in [0.4, 0.5) is 8.78 Å². The first kappa shape index (κ1) is 19.8. The maximum absolute atomic E-state index is 13.5. The highest BCUT2D eigenvalue weighted by Gasteiger charge is 2.35. The lowest BCUT2D eigenvalue weighted by Gasteiger charge is -2.27. The van der Waals surface area contributed by atoms with Crippen LogP contribution in [0.2, 0.25) is 0 Å². The number of likely N-dealkylation sites (tertiary alicyclic amines) is 1. The third kappa shape index (κ3) is 4.62. The Morgan fingerprint density at radius 1 is 1.43 bits per heavy atom. The summed E-state index contributed by atoms with van der Waals surface area (Å²) >= 11 is 0. The molecule has 1 aliphatic heterocycles. The quantitative estimate of drug-likeness (QED) is 0.859. The summed E-state index contributed by atoms with van der Waals surface area (Å²) in [6.45, 7) is 2.75. The van der Waals surface area contributed by atoms with E-state index in [0.29, 0.717) is 12.0 Å². The van der Waals surface area contributed by atoms with Gasteiger partial charge in [0.1, 0.15) is 0 Å². The predicted octanol–water partition coefficient (Wildman–Crippen LogP) is 2.38. The van der Waals surface area contributed by atoms with E-state index in [9.17, 15) is 13.6 Å². The van der Waals surface area contributed by atoms with Crippen LogP contribution in [-0.2, 0) is 4.79 Å². The van der Waals surface area contributed by atoms with E-state index in [1.807, 2.05) is 18.9 Å². The molecule has 130 valence electrons. The molecule has 4 nitrogen and oxygen atoms in total. The molecule has 7 heteroatoms. The number of likely N-dealkylation sites (N-methyl/N-ethyl adjacent to an activating group) is 1. The van der Waals surface area contributed by atoms with Crippen LogP contribution >= 0.6 is 12.4 Å². The predicted molar refractivity (Wildman–Crippen MR) is 88.4 cm³/mol. The van der Waals surface area contributed by atoms with Gasteiger partial charge in [-0.1, -0.05) is 19.4 Å². The van der Waals surface area contributed by atoms with Crippen molar-refractivity contribution in [2.24, 2.45) is 5.73 Å². The number of hydrogen-bond acceptors (Lipinski definition) is 3. The van der Waals surface area contributed by atoms with Crippen LogP contribution in [0, 0.1) is 11.6 Å². The van der Waals surface area contributed by atoms with Gasteiger partial charge in [0.05, 0.1) is 12.1 Å². The fourth-order valence-electron chi connectivity index (χ4n) is 3.01. The van der Waals surface area contributed by atoms with Crippen molar-refractivity contribution in [3.05, 3.63) is 35.4 Å². The number of nitrogens with zero attached hydrogens (tertiary/aromatic N) is 1. The Morgan fingerprint density at radius 2 is 2.13 bits per heavy atom. The molecule has 1 aromatic rings. The summed E-state index contributed by atoms with van der Waals surface area (Å²) < 4.78 is 26.6. The van der Waals surface area contributed by atoms with E-state index >= 15 is 0 Å². The topological polar surface area (TPSA) is 58.4 Å². The summed E-state index contributed by atoms with van der Waals surface area (Å²) in [5.74, 6) is -1.92. The molecule has 0 aliphatic carbocycles. The van der Waals surface area contributed by atoms with Gasteiger partial charge in [-0.15, -0.1) is 12.4 Å². The van der Waals surface area contributed by atoms with E-state index in [1.54, 1.807) is 6.07 Å². The highest BCUT2D eigenvalue weighted by molar-refractivity contribution is 5.85. The Hall–Kier alpha value is -1.24. The van der Waals surface area contributed by atoms with Crippen molar-refractivity contribution in [3.63, 3.8) is 0 Å². The first-order valence-corrected chi connectivity index (χ1v) is 7.65. The maximum atomic E-state index is 13.5. The Morgan fingerprint density at radius 3 is 2.74 bits per heavy atom. The average Bonchev–Trinajstić information content (AvgIpc) is 2.83. The fraction of sp³-hybridized carbons (Fsp3) is 0.562. The number of nitrogens with one attached hydrogen (secondary N) is 1. The number of carbonyl (C=O) groups is 1. The van der Waals surface area contributed by atoms with Crippen LogP contribution in [-0.4, -0.2) is 36.5 Å². The molecule has 1 saturated heterocycles. The zero-order valence-electron chi connectivity index (χ0n) is 13.4. The molecule has 2 rings (SSSR count). The Labute approximate surface area is 141 Å². The third-order valence-electron chi connectivity index (χ3n) is 4.20. The van der Waals surface area contributed by atoms with Crippen LogP contribution < -0.4 is 11.1 Å². The molecule has 3 atom stereocenters. The standard InChI is InChI=1S/C16H23F2N3O.ClH/c1-3-4-13(19)16(22)20-14-7-8-21(2)15(14)10-5-6-11(17)12(18)9-10;/h5-6,9,13-15H,3-4,7-8,19H2,1-2H3,(H,20,22);1H. The third-order valence-corrected chi connectivity index (χ3v) is 4.20. The molecular formula is C16H24ClF2N3O. The molecule has 1 aromatic carbocycles. The van der Waals surface area contributed by atoms with Crippen molar-refractivity contribution in [2.75, 3.05) is 13.6 Å². The van der Waals surface area contributed by atoms with Gasteiger partial charge >= 0.3 is 0 Å². The summed E-state index contributed by atoms with van der Waals surface area (Å²) in [6, 6.07) is 3.04. The lowest BCUT2D eigenvalue weighted by Crippen LogP contribution is -2.47. The molecule has 1 amide bonds. The molecule has 3 N–H and O–H groups in total. The monoisotopic (exact) mass is 347 g/mol. The van der Waals surface area contributed by atoms with E-state index in [-0.39, 0.29) is 30.4 Å². The zero-order valence-corrected chi connectivity index (χ0v) is 14.2. The molecule has 0 saturated carbocycles. The molecular weight excluding hydrogens is 324 g/mol. The van der Waals surface area contributed by atoms with Crippen molar-refractivity contribution >= 4 is 18.3 Å². The maximum Gasteiger partial charge on any atom is 0.237 e. The molecule has 1 heterocycles. The lowest BCUT2D eigenvalue weighted by molar-refractivity contribution is -0.123. The van der Waals surface area contributed by atoms with Gasteiger partial charge in [0.15, 0.2) is 11.6 Å². The van der Waals surface area contributed by atoms with Crippen molar-refractivity contribution in [1.29, 1.82) is 0 Å². The minimum atomic E-state index is -0.870. The van der Waals surface area contributed by atoms with Crippen molar-refractivity contribution in [1.82, 2.24) is 10.2 Å². The fourth-order valence-corrected chi connectivity index (χ4v) is 3.01.